The molecule has 0 aliphatic carbocycles. The molecule has 0 rings (SSSR count). The SMILES string of the molecule is O=CCCCC=CCC=CCC=CCC=CCC=CCC([N+](=O)[O-])([N+](=O)[O-])[N+](=O)[O-]. The summed E-state index contributed by atoms with van der Waals surface area (Å²) < 4.78 is 0. The summed E-state index contributed by atoms with van der Waals surface area (Å²) in [5, 5.41) is 32.3. The van der Waals surface area contributed by atoms with Gasteiger partial charge in [-0.2, -0.15) is 0 Å². The van der Waals surface area contributed by atoms with Crippen LogP contribution in [-0.2, 0) is 4.79 Å². The van der Waals surface area contributed by atoms with E-state index in [-0.39, 0.29) is 0 Å². The third-order valence-electron chi connectivity index (χ3n) is 3.88. The molecule has 0 spiro atoms. The minimum Gasteiger partial charge on any atom is -0.303 e. The Morgan fingerprint density at radius 2 is 0.933 bits per heavy atom. The number of aldehydes is 1. The molecule has 0 fully saturated rings. The van der Waals surface area contributed by atoms with Crippen LogP contribution in [0.5, 0.6) is 0 Å². The van der Waals surface area contributed by atoms with Crippen molar-refractivity contribution in [3.8, 4) is 0 Å². The lowest BCUT2D eigenvalue weighted by Crippen LogP contribution is -2.52. The Morgan fingerprint density at radius 1 is 0.567 bits per heavy atom. The van der Waals surface area contributed by atoms with E-state index in [1.165, 1.54) is 6.08 Å². The Labute approximate surface area is 174 Å². The average Bonchev–Trinajstić information content (AvgIpc) is 2.69. The molecule has 0 unspecified atom stereocenters. The van der Waals surface area contributed by atoms with Crippen molar-refractivity contribution < 1.29 is 19.6 Å². The van der Waals surface area contributed by atoms with Crippen molar-refractivity contribution in [2.24, 2.45) is 0 Å². The van der Waals surface area contributed by atoms with Crippen molar-refractivity contribution in [1.29, 1.82) is 0 Å². The van der Waals surface area contributed by atoms with E-state index in [1.54, 1.807) is 6.08 Å². The second-order valence-corrected chi connectivity index (χ2v) is 6.15. The van der Waals surface area contributed by atoms with E-state index in [4.69, 9.17) is 0 Å². The van der Waals surface area contributed by atoms with Gasteiger partial charge in [-0.05, 0) is 38.5 Å². The molecule has 0 aliphatic heterocycles. The van der Waals surface area contributed by atoms with Crippen LogP contribution in [0, 0.1) is 30.3 Å². The maximum Gasteiger partial charge on any atom is 0.703 e. The van der Waals surface area contributed by atoms with Gasteiger partial charge in [0.25, 0.3) is 0 Å². The van der Waals surface area contributed by atoms with Gasteiger partial charge in [-0.1, -0.05) is 60.8 Å². The second kappa shape index (κ2) is 16.5. The summed E-state index contributed by atoms with van der Waals surface area (Å²) in [6, 6.07) is 0. The molecule has 0 bridgehead atoms. The summed E-state index contributed by atoms with van der Waals surface area (Å²) in [5.41, 5.74) is 0. The fourth-order valence-corrected chi connectivity index (χ4v) is 2.19. The van der Waals surface area contributed by atoms with Crippen molar-refractivity contribution >= 4 is 6.29 Å². The normalized spacial score (nSPS) is 12.7. The van der Waals surface area contributed by atoms with Crippen LogP contribution >= 0.6 is 0 Å². The summed E-state index contributed by atoms with van der Waals surface area (Å²) in [7, 11) is 0. The van der Waals surface area contributed by atoms with Crippen LogP contribution < -0.4 is 0 Å². The number of rotatable bonds is 17. The van der Waals surface area contributed by atoms with Gasteiger partial charge in [0.2, 0.25) is 0 Å². The molecule has 0 radical (unpaired) electrons. The van der Waals surface area contributed by atoms with Gasteiger partial charge in [0.05, 0.1) is 0 Å². The van der Waals surface area contributed by atoms with E-state index in [0.29, 0.717) is 19.3 Å². The molecule has 164 valence electrons. The Balaban J connectivity index is 4.07. The van der Waals surface area contributed by atoms with Gasteiger partial charge >= 0.3 is 5.79 Å². The first-order valence-corrected chi connectivity index (χ1v) is 9.51. The topological polar surface area (TPSA) is 146 Å². The molecule has 0 saturated carbocycles. The quantitative estimate of drug-likeness (QED) is 0.0834. The van der Waals surface area contributed by atoms with Gasteiger partial charge in [0, 0.05) is 6.42 Å². The van der Waals surface area contributed by atoms with Gasteiger partial charge in [0.1, 0.15) is 6.29 Å². The van der Waals surface area contributed by atoms with E-state index < -0.39 is 27.0 Å². The van der Waals surface area contributed by atoms with Gasteiger partial charge in [-0.3, -0.25) is 30.3 Å². The molecule has 0 aliphatic rings. The summed E-state index contributed by atoms with van der Waals surface area (Å²) in [5.74, 6) is -3.44. The fraction of sp³-hybridized carbons (Fsp3) is 0.450. The highest BCUT2D eigenvalue weighted by Crippen LogP contribution is 2.18. The minimum atomic E-state index is -3.44. The second-order valence-electron chi connectivity index (χ2n) is 6.15. The number of hydrogen-bond acceptors (Lipinski definition) is 7. The van der Waals surface area contributed by atoms with Gasteiger partial charge in [-0.15, -0.1) is 0 Å². The smallest absolute Gasteiger partial charge is 0.303 e. The van der Waals surface area contributed by atoms with Crippen molar-refractivity contribution in [3.63, 3.8) is 0 Å². The Hall–Kier alpha value is -3.43. The lowest BCUT2D eigenvalue weighted by Gasteiger charge is -2.06. The summed E-state index contributed by atoms with van der Waals surface area (Å²) in [6.07, 6.45) is 23.4. The Morgan fingerprint density at radius 3 is 1.30 bits per heavy atom. The molecule has 0 aromatic rings. The third-order valence-corrected chi connectivity index (χ3v) is 3.88. The average molecular weight is 421 g/mol. The van der Waals surface area contributed by atoms with Crippen LogP contribution in [0.15, 0.2) is 60.8 Å². The zero-order valence-electron chi connectivity index (χ0n) is 16.7. The zero-order chi connectivity index (χ0) is 22.7. The first-order chi connectivity index (χ1) is 14.4. The highest BCUT2D eigenvalue weighted by molar-refractivity contribution is 5.49. The van der Waals surface area contributed by atoms with Crippen molar-refractivity contribution in [1.82, 2.24) is 0 Å². The first kappa shape index (κ1) is 26.6. The molecule has 10 heteroatoms. The van der Waals surface area contributed by atoms with E-state index >= 15 is 0 Å². The van der Waals surface area contributed by atoms with E-state index in [0.717, 1.165) is 38.0 Å². The molecule has 0 aromatic carbocycles. The maximum absolute atomic E-state index is 10.8. The first-order valence-electron chi connectivity index (χ1n) is 9.51. The van der Waals surface area contributed by atoms with Crippen LogP contribution in [0.3, 0.4) is 0 Å². The predicted octanol–water partition coefficient (Wildman–Crippen LogP) is 4.57. The van der Waals surface area contributed by atoms with Crippen LogP contribution in [0.4, 0.5) is 0 Å². The van der Waals surface area contributed by atoms with E-state index in [1.807, 2.05) is 24.3 Å². The molecule has 0 aromatic heterocycles. The van der Waals surface area contributed by atoms with E-state index in [2.05, 4.69) is 18.2 Å². The molecule has 30 heavy (non-hydrogen) atoms. The van der Waals surface area contributed by atoms with Gasteiger partial charge in [0.15, 0.2) is 21.2 Å². The molecule has 10 nitrogen and oxygen atoms in total. The van der Waals surface area contributed by atoms with Crippen LogP contribution in [0.1, 0.15) is 51.4 Å². The lowest BCUT2D eigenvalue weighted by atomic mass is 10.2. The van der Waals surface area contributed by atoms with Crippen molar-refractivity contribution in [2.45, 2.75) is 57.2 Å². The minimum absolute atomic E-state index is 0.357. The number of allylic oxidation sites excluding steroid dienone is 9. The fourth-order valence-electron chi connectivity index (χ4n) is 2.19. The standard InChI is InChI=1S/C20H27N3O7/c24-19-17-15-13-11-9-7-5-3-1-2-4-6-8-10-12-14-16-18-20(21(25)26,22(27)28)23(29)30/h2-5,8-11,14,16,19H,1,6-7,12-13,15,17-18H2. The third kappa shape index (κ3) is 10.8. The van der Waals surface area contributed by atoms with Gasteiger partial charge < -0.3 is 4.79 Å². The highest BCUT2D eigenvalue weighted by Gasteiger charge is 2.69. The number of carbonyl (C=O) groups excluding carboxylic acids is 1. The van der Waals surface area contributed by atoms with Crippen LogP contribution in [-0.4, -0.2) is 26.8 Å². The number of hydrogen-bond donors (Lipinski definition) is 0. The van der Waals surface area contributed by atoms with Crippen molar-refractivity contribution in [2.75, 3.05) is 0 Å². The number of unbranched alkanes of at least 4 members (excludes halogenated alkanes) is 2. The molecule has 0 atom stereocenters. The number of nitrogens with zero attached hydrogens (tertiary/aromatic N) is 3. The molecular formula is C20H27N3O7. The van der Waals surface area contributed by atoms with Gasteiger partial charge in [-0.25, -0.2) is 0 Å². The number of nitro groups is 3. The monoisotopic (exact) mass is 421 g/mol. The molecular weight excluding hydrogens is 394 g/mol. The molecule has 0 N–H and O–H groups in total. The molecule has 0 amide bonds. The summed E-state index contributed by atoms with van der Waals surface area (Å²) >= 11 is 0. The summed E-state index contributed by atoms with van der Waals surface area (Å²) in [4.78, 5) is 38.0. The molecule has 0 saturated heterocycles. The summed E-state index contributed by atoms with van der Waals surface area (Å²) in [6.45, 7) is 0. The van der Waals surface area contributed by atoms with Crippen molar-refractivity contribution in [3.05, 3.63) is 91.1 Å². The Bertz CT molecular complexity index is 673. The largest absolute Gasteiger partial charge is 0.703 e. The van der Waals surface area contributed by atoms with E-state index in [9.17, 15) is 35.1 Å². The van der Waals surface area contributed by atoms with Crippen LogP contribution in [0.2, 0.25) is 0 Å². The number of carbonyl (C=O) groups is 1. The lowest BCUT2D eigenvalue weighted by molar-refractivity contribution is -0.968. The maximum atomic E-state index is 10.8. The highest BCUT2D eigenvalue weighted by atomic mass is 16.7. The molecule has 0 heterocycles. The Kier molecular flexibility index (Phi) is 14.6. The predicted molar refractivity (Wildman–Crippen MR) is 112 cm³/mol. The van der Waals surface area contributed by atoms with Crippen LogP contribution in [0.25, 0.3) is 0 Å². The zero-order valence-corrected chi connectivity index (χ0v) is 16.7.